The highest BCUT2D eigenvalue weighted by Crippen LogP contribution is 2.45. The van der Waals surface area contributed by atoms with Crippen LogP contribution in [0, 0.1) is 17.8 Å². The van der Waals surface area contributed by atoms with Crippen molar-refractivity contribution in [1.82, 2.24) is 0 Å². The molecular formula is C84H164O17P2. The van der Waals surface area contributed by atoms with E-state index in [0.29, 0.717) is 25.7 Å². The lowest BCUT2D eigenvalue weighted by Gasteiger charge is -2.21. The van der Waals surface area contributed by atoms with Crippen LogP contribution in [0.4, 0.5) is 0 Å². The van der Waals surface area contributed by atoms with Crippen LogP contribution in [0.2, 0.25) is 0 Å². The number of hydrogen-bond acceptors (Lipinski definition) is 15. The van der Waals surface area contributed by atoms with E-state index in [2.05, 4.69) is 48.5 Å². The van der Waals surface area contributed by atoms with Crippen molar-refractivity contribution >= 4 is 39.5 Å². The Bertz CT molecular complexity index is 1990. The van der Waals surface area contributed by atoms with Gasteiger partial charge in [0.05, 0.1) is 26.4 Å². The first-order valence-electron chi connectivity index (χ1n) is 43.3. The second kappa shape index (κ2) is 74.2. The van der Waals surface area contributed by atoms with Crippen LogP contribution in [0.25, 0.3) is 0 Å². The zero-order valence-corrected chi connectivity index (χ0v) is 69.6. The lowest BCUT2D eigenvalue weighted by Crippen LogP contribution is -2.30. The molecule has 612 valence electrons. The van der Waals surface area contributed by atoms with Crippen molar-refractivity contribution in [2.24, 2.45) is 17.8 Å². The van der Waals surface area contributed by atoms with Crippen molar-refractivity contribution in [1.29, 1.82) is 0 Å². The molecule has 0 saturated carbocycles. The van der Waals surface area contributed by atoms with Crippen molar-refractivity contribution in [2.45, 2.75) is 458 Å². The van der Waals surface area contributed by atoms with Crippen molar-refractivity contribution < 1.29 is 80.2 Å². The maximum atomic E-state index is 13.1. The summed E-state index contributed by atoms with van der Waals surface area (Å²) >= 11 is 0. The predicted molar refractivity (Wildman–Crippen MR) is 423 cm³/mol. The summed E-state index contributed by atoms with van der Waals surface area (Å²) in [5.41, 5.74) is 0. The number of aliphatic hydroxyl groups excluding tert-OH is 1. The lowest BCUT2D eigenvalue weighted by molar-refractivity contribution is -0.161. The number of carbonyl (C=O) groups is 4. The summed E-state index contributed by atoms with van der Waals surface area (Å²) in [5, 5.41) is 10.7. The molecule has 0 aromatic rings. The average molecular weight is 1510 g/mol. The maximum absolute atomic E-state index is 13.1. The largest absolute Gasteiger partial charge is 0.472 e. The Morgan fingerprint density at radius 3 is 0.660 bits per heavy atom. The van der Waals surface area contributed by atoms with Crippen LogP contribution in [0.5, 0.6) is 0 Å². The Kier molecular flexibility index (Phi) is 72.8. The predicted octanol–water partition coefficient (Wildman–Crippen LogP) is 25.3. The molecule has 0 aliphatic heterocycles. The van der Waals surface area contributed by atoms with Crippen molar-refractivity contribution in [3.8, 4) is 0 Å². The van der Waals surface area contributed by atoms with Crippen LogP contribution in [0.3, 0.4) is 0 Å². The smallest absolute Gasteiger partial charge is 0.462 e. The van der Waals surface area contributed by atoms with Crippen molar-refractivity contribution in [3.63, 3.8) is 0 Å². The minimum absolute atomic E-state index is 0.107. The zero-order chi connectivity index (χ0) is 75.8. The highest BCUT2D eigenvalue weighted by molar-refractivity contribution is 7.47. The maximum Gasteiger partial charge on any atom is 0.472 e. The van der Waals surface area contributed by atoms with Crippen LogP contribution in [0.1, 0.15) is 440 Å². The molecule has 5 atom stereocenters. The van der Waals surface area contributed by atoms with Gasteiger partial charge < -0.3 is 33.8 Å². The van der Waals surface area contributed by atoms with Crippen molar-refractivity contribution in [2.75, 3.05) is 39.6 Å². The Labute approximate surface area is 632 Å². The molecule has 19 heteroatoms. The molecule has 0 rings (SSSR count). The van der Waals surface area contributed by atoms with Crippen LogP contribution in [0.15, 0.2) is 0 Å². The molecule has 0 bridgehead atoms. The number of esters is 4. The first kappa shape index (κ1) is 101. The minimum Gasteiger partial charge on any atom is -0.462 e. The third kappa shape index (κ3) is 78.0. The highest BCUT2D eigenvalue weighted by atomic mass is 31.2. The van der Waals surface area contributed by atoms with Gasteiger partial charge in [0.15, 0.2) is 12.2 Å². The number of unbranched alkanes of at least 4 members (excludes halogenated alkanes) is 50. The third-order valence-corrected chi connectivity index (χ3v) is 21.5. The molecule has 0 aliphatic rings. The topological polar surface area (TPSA) is 237 Å². The van der Waals surface area contributed by atoms with Crippen LogP contribution < -0.4 is 0 Å². The summed E-state index contributed by atoms with van der Waals surface area (Å²) in [4.78, 5) is 73.1. The molecule has 0 amide bonds. The van der Waals surface area contributed by atoms with E-state index in [1.54, 1.807) is 0 Å². The van der Waals surface area contributed by atoms with Gasteiger partial charge in [-0.3, -0.25) is 37.3 Å². The Morgan fingerprint density at radius 2 is 0.447 bits per heavy atom. The summed E-state index contributed by atoms with van der Waals surface area (Å²) in [7, 11) is -9.92. The number of ether oxygens (including phenoxy) is 4. The molecule has 0 aromatic carbocycles. The SMILES string of the molecule is CCCCCCCCCCCCC(=O)OC[C@H](COP(=O)(O)OC[C@H](O)COP(=O)(O)OC[C@@H](COC(=O)CCCCCCCCCCCCCCCCCC(C)C)OC(=O)CCCCCCCCCCCCCCCCCCCCC(C)C)OC(=O)CCCCCCCCCCCCCC(C)C. The van der Waals surface area contributed by atoms with Gasteiger partial charge in [-0.1, -0.05) is 389 Å². The van der Waals surface area contributed by atoms with Gasteiger partial charge in [0.1, 0.15) is 19.3 Å². The molecule has 0 aromatic heterocycles. The van der Waals surface area contributed by atoms with Gasteiger partial charge in [-0.15, -0.1) is 0 Å². The molecule has 0 aliphatic carbocycles. The number of aliphatic hydroxyl groups is 1. The van der Waals surface area contributed by atoms with Crippen LogP contribution in [-0.2, 0) is 65.4 Å². The fraction of sp³-hybridized carbons (Fsp3) is 0.952. The Morgan fingerprint density at radius 1 is 0.262 bits per heavy atom. The fourth-order valence-electron chi connectivity index (χ4n) is 13.0. The number of hydrogen-bond donors (Lipinski definition) is 3. The number of phosphoric ester groups is 2. The van der Waals surface area contributed by atoms with Gasteiger partial charge in [0.2, 0.25) is 0 Å². The summed E-state index contributed by atoms with van der Waals surface area (Å²) in [6.07, 6.45) is 63.8. The molecule has 0 fully saturated rings. The first-order valence-corrected chi connectivity index (χ1v) is 46.3. The molecule has 0 saturated heterocycles. The number of phosphoric acid groups is 2. The monoisotopic (exact) mass is 1510 g/mol. The van der Waals surface area contributed by atoms with E-state index in [9.17, 15) is 43.2 Å². The molecular weight excluding hydrogens is 1340 g/mol. The van der Waals surface area contributed by atoms with Gasteiger partial charge in [0, 0.05) is 25.7 Å². The Hall–Kier alpha value is -1.94. The molecule has 2 unspecified atom stereocenters. The standard InChI is InChI=1S/C84H164O17P2/c1-8-9-10-11-12-13-37-44-51-58-65-81(86)94-71-79(101-84(89)68-61-54-47-40-33-27-30-36-43-50-57-64-77(6)7)73-98-102(90,91)96-69-78(85)70-97-103(92,93)99-74-80(72-95-82(87)66-59-52-45-38-31-25-22-18-20-24-29-35-42-49-56-63-76(4)5)100-83(88)67-60-53-46-39-32-26-21-17-15-14-16-19-23-28-34-41-48-55-62-75(2)3/h75-80,85H,8-74H2,1-7H3,(H,90,91)(H,92,93)/t78-,79+,80+/m0/s1. The number of carbonyl (C=O) groups excluding carboxylic acids is 4. The molecule has 17 nitrogen and oxygen atoms in total. The molecule has 3 N–H and O–H groups in total. The van der Waals surface area contributed by atoms with E-state index >= 15 is 0 Å². The number of rotatable bonds is 82. The van der Waals surface area contributed by atoms with E-state index < -0.39 is 97.5 Å². The first-order chi connectivity index (χ1) is 49.7. The van der Waals surface area contributed by atoms with Gasteiger partial charge in [-0.2, -0.15) is 0 Å². The van der Waals surface area contributed by atoms with E-state index in [-0.39, 0.29) is 25.7 Å². The quantitative estimate of drug-likeness (QED) is 0.0222. The van der Waals surface area contributed by atoms with E-state index in [1.807, 2.05) is 0 Å². The van der Waals surface area contributed by atoms with Crippen molar-refractivity contribution in [3.05, 3.63) is 0 Å². The van der Waals surface area contributed by atoms with Crippen LogP contribution in [-0.4, -0.2) is 96.7 Å². The highest BCUT2D eigenvalue weighted by Gasteiger charge is 2.30. The minimum atomic E-state index is -4.96. The van der Waals surface area contributed by atoms with Crippen LogP contribution >= 0.6 is 15.6 Å². The third-order valence-electron chi connectivity index (χ3n) is 19.6. The second-order valence-electron chi connectivity index (χ2n) is 31.6. The molecule has 0 spiro atoms. The summed E-state index contributed by atoms with van der Waals surface area (Å²) in [6.45, 7) is 12.0. The molecule has 103 heavy (non-hydrogen) atoms. The average Bonchev–Trinajstić information content (AvgIpc) is 0.906. The van der Waals surface area contributed by atoms with E-state index in [0.717, 1.165) is 108 Å². The van der Waals surface area contributed by atoms with E-state index in [1.165, 1.54) is 250 Å². The van der Waals surface area contributed by atoms with Gasteiger partial charge in [0.25, 0.3) is 0 Å². The summed E-state index contributed by atoms with van der Waals surface area (Å²) in [6, 6.07) is 0. The van der Waals surface area contributed by atoms with Gasteiger partial charge in [-0.05, 0) is 43.4 Å². The summed E-state index contributed by atoms with van der Waals surface area (Å²) in [5.74, 6) is 0.285. The summed E-state index contributed by atoms with van der Waals surface area (Å²) < 4.78 is 68.8. The molecule has 0 radical (unpaired) electrons. The fourth-order valence-corrected chi connectivity index (χ4v) is 14.6. The lowest BCUT2D eigenvalue weighted by atomic mass is 10.0. The second-order valence-corrected chi connectivity index (χ2v) is 34.6. The zero-order valence-electron chi connectivity index (χ0n) is 67.8. The Balaban J connectivity index is 5.22. The normalized spacial score (nSPS) is 13.9. The van der Waals surface area contributed by atoms with Gasteiger partial charge >= 0.3 is 39.5 Å². The van der Waals surface area contributed by atoms with E-state index in [4.69, 9.17) is 37.0 Å². The molecule has 0 heterocycles. The van der Waals surface area contributed by atoms with Gasteiger partial charge in [-0.25, -0.2) is 9.13 Å².